The third-order valence-electron chi connectivity index (χ3n) is 4.75. The molecular weight excluding hydrogens is 342 g/mol. The van der Waals surface area contributed by atoms with Crippen LogP contribution in [0.4, 0.5) is 11.4 Å². The number of aromatic nitrogens is 1. The summed E-state index contributed by atoms with van der Waals surface area (Å²) in [6, 6.07) is 13.2. The first-order valence-corrected chi connectivity index (χ1v) is 9.27. The van der Waals surface area contributed by atoms with E-state index in [2.05, 4.69) is 30.1 Å². The van der Waals surface area contributed by atoms with E-state index in [1.807, 2.05) is 37.3 Å². The summed E-state index contributed by atoms with van der Waals surface area (Å²) >= 11 is 0. The highest BCUT2D eigenvalue weighted by Crippen LogP contribution is 2.23. The smallest absolute Gasteiger partial charge is 0.408 e. The number of benzene rings is 2. The van der Waals surface area contributed by atoms with E-state index in [1.54, 1.807) is 6.07 Å². The number of anilines is 2. The summed E-state index contributed by atoms with van der Waals surface area (Å²) < 4.78 is 6.69. The molecule has 2 aromatic carbocycles. The quantitative estimate of drug-likeness (QED) is 0.690. The summed E-state index contributed by atoms with van der Waals surface area (Å²) in [6.07, 6.45) is 0.195. The number of fused-ring (bicyclic) bond motifs is 1. The Morgan fingerprint density at radius 1 is 1.15 bits per heavy atom. The van der Waals surface area contributed by atoms with Gasteiger partial charge in [0.05, 0.1) is 5.52 Å². The van der Waals surface area contributed by atoms with Crippen molar-refractivity contribution in [1.82, 2.24) is 4.57 Å². The van der Waals surface area contributed by atoms with Crippen LogP contribution in [-0.2, 0) is 11.3 Å². The monoisotopic (exact) mass is 367 g/mol. The van der Waals surface area contributed by atoms with Crippen LogP contribution in [0.5, 0.6) is 0 Å². The molecule has 27 heavy (non-hydrogen) atoms. The van der Waals surface area contributed by atoms with Crippen LogP contribution < -0.4 is 16.0 Å². The number of carbonyl (C=O) groups is 1. The molecule has 0 saturated heterocycles. The van der Waals surface area contributed by atoms with Gasteiger partial charge in [0, 0.05) is 37.4 Å². The third kappa shape index (κ3) is 4.05. The standard InChI is InChI=1S/C21H25N3O3/c1-4-23(5-2)16-10-11-17(15(3)14-16)22-20(25)12-13-24-18-8-6-7-9-19(18)27-21(24)26/h6-11,14H,4-5,12-13H2,1-3H3,(H,22,25). The average molecular weight is 367 g/mol. The van der Waals surface area contributed by atoms with Gasteiger partial charge in [-0.05, 0) is 56.7 Å². The highest BCUT2D eigenvalue weighted by Gasteiger charge is 2.12. The molecule has 6 nitrogen and oxygen atoms in total. The van der Waals surface area contributed by atoms with Gasteiger partial charge in [0.2, 0.25) is 5.91 Å². The number of amides is 1. The lowest BCUT2D eigenvalue weighted by Crippen LogP contribution is -2.22. The van der Waals surface area contributed by atoms with Crippen molar-refractivity contribution in [2.45, 2.75) is 33.7 Å². The first kappa shape index (κ1) is 18.8. The molecule has 0 saturated carbocycles. The summed E-state index contributed by atoms with van der Waals surface area (Å²) in [6.45, 7) is 8.38. The first-order chi connectivity index (χ1) is 13.0. The predicted molar refractivity (Wildman–Crippen MR) is 108 cm³/mol. The van der Waals surface area contributed by atoms with Crippen LogP contribution in [0.2, 0.25) is 0 Å². The molecular formula is C21H25N3O3. The maximum absolute atomic E-state index is 12.4. The molecule has 0 aliphatic rings. The number of hydrogen-bond donors (Lipinski definition) is 1. The Hall–Kier alpha value is -3.02. The zero-order chi connectivity index (χ0) is 19.4. The summed E-state index contributed by atoms with van der Waals surface area (Å²) in [4.78, 5) is 26.6. The molecule has 0 bridgehead atoms. The number of oxazole rings is 1. The summed E-state index contributed by atoms with van der Waals surface area (Å²) in [5, 5.41) is 2.94. The molecule has 3 rings (SSSR count). The second-order valence-electron chi connectivity index (χ2n) is 6.46. The summed E-state index contributed by atoms with van der Waals surface area (Å²) in [5.41, 5.74) is 4.19. The highest BCUT2D eigenvalue weighted by molar-refractivity contribution is 5.91. The van der Waals surface area contributed by atoms with Crippen LogP contribution in [0.15, 0.2) is 51.7 Å². The van der Waals surface area contributed by atoms with E-state index in [4.69, 9.17) is 4.42 Å². The van der Waals surface area contributed by atoms with Gasteiger partial charge in [-0.1, -0.05) is 12.1 Å². The zero-order valence-corrected chi connectivity index (χ0v) is 16.0. The molecule has 0 radical (unpaired) electrons. The number of nitrogens with one attached hydrogen (secondary N) is 1. The topological polar surface area (TPSA) is 67.5 Å². The van der Waals surface area contributed by atoms with Crippen LogP contribution in [-0.4, -0.2) is 23.6 Å². The number of rotatable bonds is 7. The average Bonchev–Trinajstić information content (AvgIpc) is 2.98. The van der Waals surface area contributed by atoms with Crippen LogP contribution in [0.3, 0.4) is 0 Å². The van der Waals surface area contributed by atoms with Crippen LogP contribution in [0.1, 0.15) is 25.8 Å². The van der Waals surface area contributed by atoms with Crippen molar-refractivity contribution in [3.63, 3.8) is 0 Å². The minimum Gasteiger partial charge on any atom is -0.408 e. The molecule has 0 unspecified atom stereocenters. The Bertz CT molecular complexity index is 999. The van der Waals surface area contributed by atoms with Gasteiger partial charge in [-0.3, -0.25) is 9.36 Å². The minimum atomic E-state index is -0.441. The normalized spacial score (nSPS) is 10.9. The maximum Gasteiger partial charge on any atom is 0.419 e. The summed E-state index contributed by atoms with van der Waals surface area (Å²) in [5.74, 6) is -0.574. The molecule has 1 heterocycles. The SMILES string of the molecule is CCN(CC)c1ccc(NC(=O)CCn2c(=O)oc3ccccc32)c(C)c1. The Morgan fingerprint density at radius 3 is 2.59 bits per heavy atom. The van der Waals surface area contributed by atoms with Gasteiger partial charge < -0.3 is 14.6 Å². The molecule has 1 N–H and O–H groups in total. The van der Waals surface area contributed by atoms with Crippen molar-refractivity contribution < 1.29 is 9.21 Å². The van der Waals surface area contributed by atoms with E-state index in [1.165, 1.54) is 4.57 Å². The molecule has 0 aliphatic heterocycles. The van der Waals surface area contributed by atoms with Gasteiger partial charge in [-0.2, -0.15) is 0 Å². The number of nitrogens with zero attached hydrogens (tertiary/aromatic N) is 2. The van der Waals surface area contributed by atoms with E-state index in [9.17, 15) is 9.59 Å². The number of aryl methyl sites for hydroxylation is 2. The van der Waals surface area contributed by atoms with Gasteiger partial charge >= 0.3 is 5.76 Å². The summed E-state index contributed by atoms with van der Waals surface area (Å²) in [7, 11) is 0. The molecule has 1 aromatic heterocycles. The van der Waals surface area contributed by atoms with E-state index in [0.717, 1.165) is 30.0 Å². The molecule has 0 atom stereocenters. The number of hydrogen-bond acceptors (Lipinski definition) is 4. The number of carbonyl (C=O) groups excluding carboxylic acids is 1. The Labute approximate surface area is 158 Å². The van der Waals surface area contributed by atoms with Crippen molar-refractivity contribution in [3.05, 3.63) is 58.6 Å². The largest absolute Gasteiger partial charge is 0.419 e. The fourth-order valence-electron chi connectivity index (χ4n) is 3.23. The minimum absolute atomic E-state index is 0.133. The molecule has 3 aromatic rings. The van der Waals surface area contributed by atoms with Crippen molar-refractivity contribution >= 4 is 28.4 Å². The van der Waals surface area contributed by atoms with Gasteiger partial charge in [0.15, 0.2) is 5.58 Å². The predicted octanol–water partition coefficient (Wildman–Crippen LogP) is 3.78. The van der Waals surface area contributed by atoms with E-state index in [0.29, 0.717) is 11.1 Å². The van der Waals surface area contributed by atoms with Crippen LogP contribution in [0.25, 0.3) is 11.1 Å². The Morgan fingerprint density at radius 2 is 1.89 bits per heavy atom. The van der Waals surface area contributed by atoms with Gasteiger partial charge in [-0.25, -0.2) is 4.79 Å². The van der Waals surface area contributed by atoms with Crippen molar-refractivity contribution in [2.75, 3.05) is 23.3 Å². The highest BCUT2D eigenvalue weighted by atomic mass is 16.4. The Balaban J connectivity index is 1.67. The van der Waals surface area contributed by atoms with Crippen LogP contribution in [0, 0.1) is 6.92 Å². The molecule has 1 amide bonds. The molecule has 0 aliphatic carbocycles. The van der Waals surface area contributed by atoms with Gasteiger partial charge in [-0.15, -0.1) is 0 Å². The lowest BCUT2D eigenvalue weighted by molar-refractivity contribution is -0.116. The van der Waals surface area contributed by atoms with Gasteiger partial charge in [0.25, 0.3) is 0 Å². The Kier molecular flexibility index (Phi) is 5.64. The second kappa shape index (κ2) is 8.12. The van der Waals surface area contributed by atoms with Gasteiger partial charge in [0.1, 0.15) is 0 Å². The lowest BCUT2D eigenvalue weighted by Gasteiger charge is -2.22. The zero-order valence-electron chi connectivity index (χ0n) is 16.0. The fourth-order valence-corrected chi connectivity index (χ4v) is 3.23. The van der Waals surface area contributed by atoms with Crippen molar-refractivity contribution in [3.8, 4) is 0 Å². The molecule has 0 spiro atoms. The molecule has 6 heteroatoms. The van der Waals surface area contributed by atoms with E-state index >= 15 is 0 Å². The van der Waals surface area contributed by atoms with E-state index < -0.39 is 5.76 Å². The van der Waals surface area contributed by atoms with Crippen LogP contribution >= 0.6 is 0 Å². The number of para-hydroxylation sites is 2. The van der Waals surface area contributed by atoms with Crippen molar-refractivity contribution in [1.29, 1.82) is 0 Å². The third-order valence-corrected chi connectivity index (χ3v) is 4.75. The fraction of sp³-hybridized carbons (Fsp3) is 0.333. The first-order valence-electron chi connectivity index (χ1n) is 9.27. The molecule has 142 valence electrons. The van der Waals surface area contributed by atoms with E-state index in [-0.39, 0.29) is 18.9 Å². The maximum atomic E-state index is 12.4. The molecule has 0 fully saturated rings. The second-order valence-corrected chi connectivity index (χ2v) is 6.46. The van der Waals surface area contributed by atoms with Crippen molar-refractivity contribution in [2.24, 2.45) is 0 Å². The lowest BCUT2D eigenvalue weighted by atomic mass is 10.1.